The fourth-order valence-corrected chi connectivity index (χ4v) is 3.22. The van der Waals surface area contributed by atoms with Crippen molar-refractivity contribution in [1.29, 1.82) is 0 Å². The van der Waals surface area contributed by atoms with Crippen molar-refractivity contribution in [3.63, 3.8) is 0 Å². The van der Waals surface area contributed by atoms with Gasteiger partial charge < -0.3 is 19.5 Å². The van der Waals surface area contributed by atoms with Gasteiger partial charge in [0.15, 0.2) is 11.5 Å². The first-order valence-corrected chi connectivity index (χ1v) is 8.63. The lowest BCUT2D eigenvalue weighted by atomic mass is 10.1. The molecule has 0 radical (unpaired) electrons. The Morgan fingerprint density at radius 2 is 1.68 bits per heavy atom. The van der Waals surface area contributed by atoms with E-state index in [4.69, 9.17) is 9.47 Å². The van der Waals surface area contributed by atoms with Crippen molar-refractivity contribution in [3.05, 3.63) is 23.8 Å². The predicted molar refractivity (Wildman–Crippen MR) is 86.5 cm³/mol. The van der Waals surface area contributed by atoms with Crippen LogP contribution in [0.25, 0.3) is 0 Å². The zero-order valence-electron chi connectivity index (χ0n) is 13.3. The van der Waals surface area contributed by atoms with Gasteiger partial charge in [0.25, 0.3) is 0 Å². The Kier molecular flexibility index (Phi) is 5.57. The number of fused-ring (bicyclic) bond motifs is 1. The van der Waals surface area contributed by atoms with E-state index in [2.05, 4.69) is 4.90 Å². The Morgan fingerprint density at radius 1 is 0.955 bits per heavy atom. The van der Waals surface area contributed by atoms with E-state index in [0.717, 1.165) is 36.4 Å². The second kappa shape index (κ2) is 7.84. The molecule has 0 aromatic heterocycles. The number of likely N-dealkylation sites (tertiary alicyclic amines) is 1. The Labute approximate surface area is 133 Å². The van der Waals surface area contributed by atoms with Crippen LogP contribution >= 0.6 is 0 Å². The standard InChI is InChI=1S/C18H27NO3/c20-16(8-11-19-9-3-1-2-4-10-19)15-6-7-17-18(14-15)22-13-5-12-21-17/h6-7,14,16,20H,1-5,8-13H2. The molecular formula is C18H27NO3. The number of hydrogen-bond donors (Lipinski definition) is 1. The minimum absolute atomic E-state index is 0.430. The van der Waals surface area contributed by atoms with E-state index in [1.54, 1.807) is 0 Å². The summed E-state index contributed by atoms with van der Waals surface area (Å²) >= 11 is 0. The Hall–Kier alpha value is -1.26. The van der Waals surface area contributed by atoms with E-state index in [0.29, 0.717) is 13.2 Å². The molecule has 0 bridgehead atoms. The van der Waals surface area contributed by atoms with E-state index in [1.807, 2.05) is 18.2 Å². The molecule has 4 nitrogen and oxygen atoms in total. The highest BCUT2D eigenvalue weighted by Crippen LogP contribution is 2.33. The van der Waals surface area contributed by atoms with Crippen molar-refractivity contribution in [2.24, 2.45) is 0 Å². The molecule has 1 N–H and O–H groups in total. The van der Waals surface area contributed by atoms with Crippen LogP contribution in [-0.2, 0) is 0 Å². The lowest BCUT2D eigenvalue weighted by molar-refractivity contribution is 0.142. The van der Waals surface area contributed by atoms with Crippen molar-refractivity contribution >= 4 is 0 Å². The molecule has 0 spiro atoms. The topological polar surface area (TPSA) is 41.9 Å². The molecule has 1 aromatic rings. The monoisotopic (exact) mass is 305 g/mol. The number of aliphatic hydroxyl groups is 1. The van der Waals surface area contributed by atoms with Crippen molar-refractivity contribution in [3.8, 4) is 11.5 Å². The Morgan fingerprint density at radius 3 is 2.45 bits per heavy atom. The largest absolute Gasteiger partial charge is 0.490 e. The van der Waals surface area contributed by atoms with Crippen LogP contribution in [0.3, 0.4) is 0 Å². The zero-order chi connectivity index (χ0) is 15.2. The third kappa shape index (κ3) is 4.14. The molecule has 1 aromatic carbocycles. The molecular weight excluding hydrogens is 278 g/mol. The Balaban J connectivity index is 1.57. The maximum Gasteiger partial charge on any atom is 0.161 e. The third-order valence-electron chi connectivity index (χ3n) is 4.57. The molecule has 4 heteroatoms. The van der Waals surface area contributed by atoms with Crippen LogP contribution in [0.2, 0.25) is 0 Å². The van der Waals surface area contributed by atoms with Gasteiger partial charge in [-0.3, -0.25) is 0 Å². The summed E-state index contributed by atoms with van der Waals surface area (Å²) in [5.41, 5.74) is 0.930. The predicted octanol–water partition coefficient (Wildman–Crippen LogP) is 3.15. The van der Waals surface area contributed by atoms with Crippen molar-refractivity contribution in [2.45, 2.75) is 44.6 Å². The lowest BCUT2D eigenvalue weighted by Gasteiger charge is -2.22. The second-order valence-electron chi connectivity index (χ2n) is 6.32. The minimum Gasteiger partial charge on any atom is -0.490 e. The van der Waals surface area contributed by atoms with Gasteiger partial charge >= 0.3 is 0 Å². The molecule has 1 saturated heterocycles. The summed E-state index contributed by atoms with van der Waals surface area (Å²) in [5, 5.41) is 10.5. The molecule has 1 atom stereocenters. The zero-order valence-corrected chi connectivity index (χ0v) is 13.3. The van der Waals surface area contributed by atoms with Gasteiger partial charge in [-0.2, -0.15) is 0 Å². The SMILES string of the molecule is OC(CCN1CCCCCC1)c1ccc2c(c1)OCCCO2. The van der Waals surface area contributed by atoms with E-state index in [9.17, 15) is 5.11 Å². The van der Waals surface area contributed by atoms with E-state index < -0.39 is 6.10 Å². The summed E-state index contributed by atoms with van der Waals surface area (Å²) in [7, 11) is 0. The molecule has 0 saturated carbocycles. The molecule has 1 unspecified atom stereocenters. The summed E-state index contributed by atoms with van der Waals surface area (Å²) in [6, 6.07) is 5.82. The van der Waals surface area contributed by atoms with Gasteiger partial charge in [-0.05, 0) is 50.0 Å². The molecule has 3 rings (SSSR count). The fourth-order valence-electron chi connectivity index (χ4n) is 3.22. The second-order valence-corrected chi connectivity index (χ2v) is 6.32. The van der Waals surface area contributed by atoms with Crippen LogP contribution in [0.1, 0.15) is 50.2 Å². The summed E-state index contributed by atoms with van der Waals surface area (Å²) in [6.45, 7) is 4.70. The lowest BCUT2D eigenvalue weighted by Crippen LogP contribution is -2.26. The smallest absolute Gasteiger partial charge is 0.161 e. The van der Waals surface area contributed by atoms with Crippen LogP contribution in [0, 0.1) is 0 Å². The summed E-state index contributed by atoms with van der Waals surface area (Å²) in [6.07, 6.45) is 6.53. The van der Waals surface area contributed by atoms with Crippen LogP contribution in [0.4, 0.5) is 0 Å². The molecule has 0 aliphatic carbocycles. The van der Waals surface area contributed by atoms with Crippen LogP contribution in [0.5, 0.6) is 11.5 Å². The maximum atomic E-state index is 10.5. The number of hydrogen-bond acceptors (Lipinski definition) is 4. The summed E-state index contributed by atoms with van der Waals surface area (Å²) in [4.78, 5) is 2.49. The number of rotatable bonds is 4. The third-order valence-corrected chi connectivity index (χ3v) is 4.57. The van der Waals surface area contributed by atoms with Gasteiger partial charge in [0, 0.05) is 13.0 Å². The number of aliphatic hydroxyl groups excluding tert-OH is 1. The highest BCUT2D eigenvalue weighted by Gasteiger charge is 2.16. The molecule has 0 amide bonds. The van der Waals surface area contributed by atoms with E-state index >= 15 is 0 Å². The van der Waals surface area contributed by atoms with Gasteiger partial charge in [0.2, 0.25) is 0 Å². The number of ether oxygens (including phenoxy) is 2. The molecule has 2 heterocycles. The van der Waals surface area contributed by atoms with E-state index in [-0.39, 0.29) is 0 Å². The molecule has 122 valence electrons. The van der Waals surface area contributed by atoms with Crippen LogP contribution < -0.4 is 9.47 Å². The minimum atomic E-state index is -0.430. The molecule has 2 aliphatic rings. The molecule has 22 heavy (non-hydrogen) atoms. The molecule has 2 aliphatic heterocycles. The van der Waals surface area contributed by atoms with Crippen molar-refractivity contribution < 1.29 is 14.6 Å². The first-order valence-electron chi connectivity index (χ1n) is 8.63. The van der Waals surface area contributed by atoms with Gasteiger partial charge in [-0.25, -0.2) is 0 Å². The highest BCUT2D eigenvalue weighted by atomic mass is 16.5. The van der Waals surface area contributed by atoms with Crippen molar-refractivity contribution in [1.82, 2.24) is 4.90 Å². The quantitative estimate of drug-likeness (QED) is 0.928. The number of benzene rings is 1. The van der Waals surface area contributed by atoms with Gasteiger partial charge in [-0.1, -0.05) is 18.9 Å². The first kappa shape index (κ1) is 15.6. The van der Waals surface area contributed by atoms with Crippen molar-refractivity contribution in [2.75, 3.05) is 32.8 Å². The van der Waals surface area contributed by atoms with Gasteiger partial charge in [0.1, 0.15) is 0 Å². The average molecular weight is 305 g/mol. The highest BCUT2D eigenvalue weighted by molar-refractivity contribution is 5.44. The molecule has 1 fully saturated rings. The summed E-state index contributed by atoms with van der Waals surface area (Å²) in [5.74, 6) is 1.56. The van der Waals surface area contributed by atoms with Gasteiger partial charge in [0.05, 0.1) is 19.3 Å². The summed E-state index contributed by atoms with van der Waals surface area (Å²) < 4.78 is 11.3. The van der Waals surface area contributed by atoms with Crippen LogP contribution in [0.15, 0.2) is 18.2 Å². The number of nitrogens with zero attached hydrogens (tertiary/aromatic N) is 1. The van der Waals surface area contributed by atoms with E-state index in [1.165, 1.54) is 38.8 Å². The first-order chi connectivity index (χ1) is 10.8. The normalized spacial score (nSPS) is 21.0. The van der Waals surface area contributed by atoms with Crippen LogP contribution in [-0.4, -0.2) is 42.9 Å². The average Bonchev–Trinajstić information content (AvgIpc) is 2.94. The maximum absolute atomic E-state index is 10.5. The Bertz CT molecular complexity index is 469. The van der Waals surface area contributed by atoms with Gasteiger partial charge in [-0.15, -0.1) is 0 Å². The fraction of sp³-hybridized carbons (Fsp3) is 0.667.